The lowest BCUT2D eigenvalue weighted by Gasteiger charge is -2.34. The fraction of sp³-hybridized carbons (Fsp3) is 0.259. The van der Waals surface area contributed by atoms with Crippen molar-refractivity contribution in [2.45, 2.75) is 19.8 Å². The van der Waals surface area contributed by atoms with Gasteiger partial charge in [0.05, 0.1) is 5.69 Å². The Morgan fingerprint density at radius 2 is 1.61 bits per heavy atom. The third-order valence-corrected chi connectivity index (χ3v) is 6.01. The van der Waals surface area contributed by atoms with Crippen molar-refractivity contribution in [1.29, 1.82) is 0 Å². The van der Waals surface area contributed by atoms with Crippen molar-refractivity contribution in [1.82, 2.24) is 4.90 Å². The molecule has 0 N–H and O–H groups in total. The van der Waals surface area contributed by atoms with Crippen LogP contribution < -0.4 is 4.90 Å². The van der Waals surface area contributed by atoms with Crippen molar-refractivity contribution in [2.24, 2.45) is 5.92 Å². The van der Waals surface area contributed by atoms with E-state index in [-0.39, 0.29) is 17.7 Å². The van der Waals surface area contributed by atoms with Crippen LogP contribution in [-0.4, -0.2) is 36.3 Å². The molecule has 0 radical (unpaired) electrons. The second kappa shape index (κ2) is 9.61. The molecule has 1 saturated heterocycles. The third kappa shape index (κ3) is 4.69. The van der Waals surface area contributed by atoms with Gasteiger partial charge in [0.15, 0.2) is 0 Å². The quantitative estimate of drug-likeness (QED) is 0.544. The number of carbonyl (C=O) groups is 2. The Balaban J connectivity index is 1.41. The number of carbonyl (C=O) groups excluding carboxylic acids is 2. The predicted octanol–water partition coefficient (Wildman–Crippen LogP) is 5.14. The number of piperidine rings is 1. The van der Waals surface area contributed by atoms with Gasteiger partial charge in [-0.2, -0.15) is 0 Å². The molecule has 1 aliphatic rings. The van der Waals surface area contributed by atoms with Crippen LogP contribution in [0.15, 0.2) is 78.9 Å². The highest BCUT2D eigenvalue weighted by Gasteiger charge is 2.30. The molecule has 31 heavy (non-hydrogen) atoms. The summed E-state index contributed by atoms with van der Waals surface area (Å²) in [7, 11) is 0. The minimum atomic E-state index is -0.0546. The average molecular weight is 413 g/mol. The molecule has 3 aromatic carbocycles. The molecule has 1 heterocycles. The first kappa shape index (κ1) is 20.9. The third-order valence-electron chi connectivity index (χ3n) is 6.01. The summed E-state index contributed by atoms with van der Waals surface area (Å²) >= 11 is 0. The monoisotopic (exact) mass is 412 g/mol. The highest BCUT2D eigenvalue weighted by molar-refractivity contribution is 6.04. The molecule has 1 fully saturated rings. The Labute approximate surface area is 183 Å². The van der Waals surface area contributed by atoms with Crippen molar-refractivity contribution in [3.8, 4) is 0 Å². The summed E-state index contributed by atoms with van der Waals surface area (Å²) in [6.07, 6.45) is 4.88. The molecule has 2 amide bonds. The summed E-state index contributed by atoms with van der Waals surface area (Å²) in [5, 5.41) is 2.23. The van der Waals surface area contributed by atoms with Gasteiger partial charge in [0.2, 0.25) is 11.8 Å². The van der Waals surface area contributed by atoms with Gasteiger partial charge in [-0.3, -0.25) is 9.59 Å². The smallest absolute Gasteiger partial charge is 0.246 e. The second-order valence-corrected chi connectivity index (χ2v) is 7.92. The number of fused-ring (bicyclic) bond motifs is 1. The van der Waals surface area contributed by atoms with Gasteiger partial charge >= 0.3 is 0 Å². The van der Waals surface area contributed by atoms with Crippen LogP contribution in [-0.2, 0) is 9.59 Å². The molecule has 158 valence electrons. The van der Waals surface area contributed by atoms with Gasteiger partial charge in [-0.05, 0) is 42.9 Å². The molecule has 0 bridgehead atoms. The van der Waals surface area contributed by atoms with Crippen LogP contribution in [0.5, 0.6) is 0 Å². The number of anilines is 1. The minimum absolute atomic E-state index is 0.0103. The fourth-order valence-electron chi connectivity index (χ4n) is 4.29. The first-order valence-corrected chi connectivity index (χ1v) is 11.0. The zero-order valence-electron chi connectivity index (χ0n) is 17.9. The van der Waals surface area contributed by atoms with E-state index in [4.69, 9.17) is 0 Å². The van der Waals surface area contributed by atoms with E-state index in [1.807, 2.05) is 77.4 Å². The number of benzene rings is 3. The lowest BCUT2D eigenvalue weighted by atomic mass is 9.94. The lowest BCUT2D eigenvalue weighted by molar-refractivity contribution is -0.130. The standard InChI is InChI=1S/C27H28N2O2/c1-2-29(25-14-8-12-22-11-6-7-13-24(22)25)27(31)23-17-19-28(20-18-23)26(30)16-15-21-9-4-3-5-10-21/h3-16,23H,2,17-20H2,1H3/b16-15+. The summed E-state index contributed by atoms with van der Waals surface area (Å²) < 4.78 is 0. The van der Waals surface area contributed by atoms with Crippen molar-refractivity contribution < 1.29 is 9.59 Å². The predicted molar refractivity (Wildman–Crippen MR) is 127 cm³/mol. The van der Waals surface area contributed by atoms with Crippen molar-refractivity contribution >= 4 is 34.4 Å². The molecule has 4 rings (SSSR count). The van der Waals surface area contributed by atoms with Crippen LogP contribution in [0, 0.1) is 5.92 Å². The summed E-state index contributed by atoms with van der Waals surface area (Å²) in [6, 6.07) is 24.1. The highest BCUT2D eigenvalue weighted by Crippen LogP contribution is 2.29. The second-order valence-electron chi connectivity index (χ2n) is 7.92. The summed E-state index contributed by atoms with van der Waals surface area (Å²) in [5.41, 5.74) is 1.98. The van der Waals surface area contributed by atoms with Crippen molar-refractivity contribution in [3.63, 3.8) is 0 Å². The van der Waals surface area contributed by atoms with Crippen molar-refractivity contribution in [2.75, 3.05) is 24.5 Å². The number of likely N-dealkylation sites (tertiary alicyclic amines) is 1. The highest BCUT2D eigenvalue weighted by atomic mass is 16.2. The Kier molecular flexibility index (Phi) is 6.46. The zero-order chi connectivity index (χ0) is 21.6. The van der Waals surface area contributed by atoms with E-state index in [0.717, 1.165) is 22.0 Å². The van der Waals surface area contributed by atoms with Gasteiger partial charge in [0.1, 0.15) is 0 Å². The molecule has 1 aliphatic heterocycles. The van der Waals surface area contributed by atoms with E-state index in [9.17, 15) is 9.59 Å². The maximum absolute atomic E-state index is 13.4. The zero-order valence-corrected chi connectivity index (χ0v) is 17.9. The topological polar surface area (TPSA) is 40.6 Å². The molecule has 3 aromatic rings. The van der Waals surface area contributed by atoms with Gasteiger partial charge in [0.25, 0.3) is 0 Å². The molecule has 0 saturated carbocycles. The maximum Gasteiger partial charge on any atom is 0.246 e. The largest absolute Gasteiger partial charge is 0.339 e. The SMILES string of the molecule is CCN(C(=O)C1CCN(C(=O)/C=C/c2ccccc2)CC1)c1cccc2ccccc12. The Hall–Kier alpha value is -3.40. The molecule has 4 heteroatoms. The number of rotatable bonds is 5. The number of hydrogen-bond acceptors (Lipinski definition) is 2. The molecular formula is C27H28N2O2. The molecule has 4 nitrogen and oxygen atoms in total. The molecule has 0 aliphatic carbocycles. The molecule has 0 unspecified atom stereocenters. The summed E-state index contributed by atoms with van der Waals surface area (Å²) in [5.74, 6) is 0.114. The normalized spacial score (nSPS) is 14.8. The molecule has 0 atom stereocenters. The summed E-state index contributed by atoms with van der Waals surface area (Å²) in [4.78, 5) is 29.7. The van der Waals surface area contributed by atoms with Crippen LogP contribution in [0.25, 0.3) is 16.8 Å². The first-order chi connectivity index (χ1) is 15.2. The van der Waals surface area contributed by atoms with E-state index in [0.29, 0.717) is 32.5 Å². The van der Waals surface area contributed by atoms with Crippen molar-refractivity contribution in [3.05, 3.63) is 84.4 Å². The van der Waals surface area contributed by atoms with E-state index in [2.05, 4.69) is 18.2 Å². The molecule has 0 aromatic heterocycles. The van der Waals surface area contributed by atoms with E-state index in [1.165, 1.54) is 0 Å². The van der Waals surface area contributed by atoms with Gasteiger partial charge < -0.3 is 9.80 Å². The number of nitrogens with zero attached hydrogens (tertiary/aromatic N) is 2. The lowest BCUT2D eigenvalue weighted by Crippen LogP contribution is -2.44. The average Bonchev–Trinajstić information content (AvgIpc) is 2.84. The van der Waals surface area contributed by atoms with Crippen LogP contribution in [0.4, 0.5) is 5.69 Å². The van der Waals surface area contributed by atoms with Gasteiger partial charge in [-0.15, -0.1) is 0 Å². The number of amides is 2. The van der Waals surface area contributed by atoms with E-state index < -0.39 is 0 Å². The van der Waals surface area contributed by atoms with Gasteiger partial charge in [0, 0.05) is 37.0 Å². The van der Waals surface area contributed by atoms with Crippen LogP contribution >= 0.6 is 0 Å². The van der Waals surface area contributed by atoms with Crippen LogP contribution in [0.3, 0.4) is 0 Å². The molecular weight excluding hydrogens is 384 g/mol. The Morgan fingerprint density at radius 3 is 2.35 bits per heavy atom. The molecule has 0 spiro atoms. The summed E-state index contributed by atoms with van der Waals surface area (Å²) in [6.45, 7) is 3.88. The first-order valence-electron chi connectivity index (χ1n) is 11.0. The fourth-order valence-corrected chi connectivity index (χ4v) is 4.29. The Morgan fingerprint density at radius 1 is 0.935 bits per heavy atom. The Bertz CT molecular complexity index is 1080. The van der Waals surface area contributed by atoms with Gasteiger partial charge in [-0.25, -0.2) is 0 Å². The number of hydrogen-bond donors (Lipinski definition) is 0. The minimum Gasteiger partial charge on any atom is -0.339 e. The van der Waals surface area contributed by atoms with E-state index in [1.54, 1.807) is 6.08 Å². The van der Waals surface area contributed by atoms with E-state index >= 15 is 0 Å². The van der Waals surface area contributed by atoms with Crippen LogP contribution in [0.2, 0.25) is 0 Å². The van der Waals surface area contributed by atoms with Crippen LogP contribution in [0.1, 0.15) is 25.3 Å². The maximum atomic E-state index is 13.4. The van der Waals surface area contributed by atoms with Gasteiger partial charge in [-0.1, -0.05) is 66.7 Å².